The number of nitrogens with zero attached hydrogens (tertiary/aromatic N) is 3. The third kappa shape index (κ3) is 3.91. The molecular weight excluding hydrogens is 306 g/mol. The molecule has 2 rings (SSSR count). The molecule has 23 heavy (non-hydrogen) atoms. The maximum Gasteiger partial charge on any atom is 0.240 e. The van der Waals surface area contributed by atoms with Crippen LogP contribution in [0.4, 0.5) is 0 Å². The first-order chi connectivity index (χ1) is 10.9. The Morgan fingerprint density at radius 3 is 2.48 bits per heavy atom. The summed E-state index contributed by atoms with van der Waals surface area (Å²) >= 11 is 1.33. The Hall–Kier alpha value is -2.32. The molecule has 0 radical (unpaired) electrons. The van der Waals surface area contributed by atoms with E-state index in [0.717, 1.165) is 16.8 Å². The van der Waals surface area contributed by atoms with E-state index in [-0.39, 0.29) is 5.91 Å². The van der Waals surface area contributed by atoms with E-state index in [2.05, 4.69) is 11.1 Å². The van der Waals surface area contributed by atoms with Gasteiger partial charge in [-0.2, -0.15) is 5.26 Å². The van der Waals surface area contributed by atoms with Crippen molar-refractivity contribution < 1.29 is 4.79 Å². The van der Waals surface area contributed by atoms with Gasteiger partial charge in [0.1, 0.15) is 16.3 Å². The van der Waals surface area contributed by atoms with Crippen molar-refractivity contribution in [1.82, 2.24) is 9.88 Å². The number of benzene rings is 1. The van der Waals surface area contributed by atoms with Crippen LogP contribution in [0.3, 0.4) is 0 Å². The molecule has 1 heterocycles. The third-order valence-electron chi connectivity index (χ3n) is 3.42. The van der Waals surface area contributed by atoms with Gasteiger partial charge in [0.15, 0.2) is 0 Å². The van der Waals surface area contributed by atoms with E-state index in [4.69, 9.17) is 0 Å². The number of rotatable bonds is 4. The lowest BCUT2D eigenvalue weighted by molar-refractivity contribution is -0.128. The maximum atomic E-state index is 12.6. The molecule has 0 aliphatic rings. The molecular formula is C18H19N3OS. The number of hydrogen-bond donors (Lipinski definition) is 0. The summed E-state index contributed by atoms with van der Waals surface area (Å²) in [6, 6.07) is 13.7. The van der Waals surface area contributed by atoms with E-state index in [0.29, 0.717) is 10.6 Å². The topological polar surface area (TPSA) is 57.0 Å². The van der Waals surface area contributed by atoms with Gasteiger partial charge in [-0.25, -0.2) is 4.98 Å². The molecule has 0 saturated carbocycles. The number of hydrogen-bond acceptors (Lipinski definition) is 4. The van der Waals surface area contributed by atoms with Gasteiger partial charge in [-0.15, -0.1) is 0 Å². The molecule has 4 nitrogen and oxygen atoms in total. The van der Waals surface area contributed by atoms with Crippen molar-refractivity contribution in [2.45, 2.75) is 24.1 Å². The number of aromatic nitrogens is 1. The smallest absolute Gasteiger partial charge is 0.240 e. The highest BCUT2D eigenvalue weighted by Gasteiger charge is 2.25. The van der Waals surface area contributed by atoms with Crippen LogP contribution in [0.5, 0.6) is 0 Å². The van der Waals surface area contributed by atoms with E-state index >= 15 is 0 Å². The number of aryl methyl sites for hydroxylation is 2. The highest BCUT2D eigenvalue weighted by atomic mass is 32.2. The molecule has 1 unspecified atom stereocenters. The number of pyridine rings is 1. The Bertz CT molecular complexity index is 751. The predicted octanol–water partition coefficient (Wildman–Crippen LogP) is 3.49. The van der Waals surface area contributed by atoms with Gasteiger partial charge < -0.3 is 4.90 Å². The van der Waals surface area contributed by atoms with Gasteiger partial charge in [0.2, 0.25) is 5.91 Å². The van der Waals surface area contributed by atoms with Crippen molar-refractivity contribution in [2.75, 3.05) is 14.1 Å². The van der Waals surface area contributed by atoms with Crippen LogP contribution in [0, 0.1) is 25.2 Å². The van der Waals surface area contributed by atoms with Crippen molar-refractivity contribution in [1.29, 1.82) is 5.26 Å². The molecule has 1 aromatic heterocycles. The zero-order valence-electron chi connectivity index (χ0n) is 13.7. The van der Waals surface area contributed by atoms with E-state index in [9.17, 15) is 10.1 Å². The van der Waals surface area contributed by atoms with Gasteiger partial charge in [-0.1, -0.05) is 42.1 Å². The van der Waals surface area contributed by atoms with Gasteiger partial charge in [0.05, 0.1) is 5.56 Å². The van der Waals surface area contributed by atoms with Gasteiger partial charge in [-0.05, 0) is 31.0 Å². The second kappa shape index (κ2) is 7.30. The Kier molecular flexibility index (Phi) is 5.41. The molecule has 1 aromatic carbocycles. The Labute approximate surface area is 141 Å². The fourth-order valence-electron chi connectivity index (χ4n) is 2.26. The highest BCUT2D eigenvalue weighted by molar-refractivity contribution is 8.00. The summed E-state index contributed by atoms with van der Waals surface area (Å²) in [4.78, 5) is 18.7. The average Bonchev–Trinajstić information content (AvgIpc) is 2.52. The first-order valence-corrected chi connectivity index (χ1v) is 8.13. The van der Waals surface area contributed by atoms with Crippen LogP contribution in [0.1, 0.15) is 27.6 Å². The zero-order valence-corrected chi connectivity index (χ0v) is 14.5. The van der Waals surface area contributed by atoms with Crippen LogP contribution in [-0.2, 0) is 4.79 Å². The molecule has 2 aromatic rings. The van der Waals surface area contributed by atoms with Crippen LogP contribution < -0.4 is 0 Å². The molecule has 118 valence electrons. The van der Waals surface area contributed by atoms with E-state index in [1.165, 1.54) is 11.8 Å². The highest BCUT2D eigenvalue weighted by Crippen LogP contribution is 2.37. The van der Waals surface area contributed by atoms with Crippen molar-refractivity contribution in [3.63, 3.8) is 0 Å². The fraction of sp³-hybridized carbons (Fsp3) is 0.278. The lowest BCUT2D eigenvalue weighted by atomic mass is 10.1. The summed E-state index contributed by atoms with van der Waals surface area (Å²) in [5.74, 6) is -0.0222. The molecule has 1 atom stereocenters. The molecule has 1 amide bonds. The molecule has 0 aliphatic heterocycles. The Morgan fingerprint density at radius 1 is 1.26 bits per heavy atom. The minimum absolute atomic E-state index is 0.0222. The number of carbonyl (C=O) groups excluding carboxylic acids is 1. The summed E-state index contributed by atoms with van der Waals surface area (Å²) in [5, 5.41) is 9.60. The number of amides is 1. The van der Waals surface area contributed by atoms with Crippen molar-refractivity contribution in [3.8, 4) is 6.07 Å². The summed E-state index contributed by atoms with van der Waals surface area (Å²) in [5.41, 5.74) is 3.16. The van der Waals surface area contributed by atoms with E-state index in [1.807, 2.05) is 50.2 Å². The van der Waals surface area contributed by atoms with Crippen LogP contribution in [-0.4, -0.2) is 29.9 Å². The zero-order chi connectivity index (χ0) is 17.0. The van der Waals surface area contributed by atoms with E-state index < -0.39 is 5.25 Å². The molecule has 0 N–H and O–H groups in total. The number of carbonyl (C=O) groups is 1. The standard InChI is InChI=1S/C18H19N3OS/c1-12-10-13(2)20-17(15(12)11-19)23-16(18(22)21(3)4)14-8-6-5-7-9-14/h5-10,16H,1-4H3. The number of nitriles is 1. The summed E-state index contributed by atoms with van der Waals surface area (Å²) in [7, 11) is 3.47. The van der Waals surface area contributed by atoms with Crippen LogP contribution >= 0.6 is 11.8 Å². The monoisotopic (exact) mass is 325 g/mol. The van der Waals surface area contributed by atoms with Crippen LogP contribution in [0.2, 0.25) is 0 Å². The molecule has 0 aliphatic carbocycles. The van der Waals surface area contributed by atoms with Crippen LogP contribution in [0.15, 0.2) is 41.4 Å². The predicted molar refractivity (Wildman–Crippen MR) is 92.2 cm³/mol. The summed E-state index contributed by atoms with van der Waals surface area (Å²) < 4.78 is 0. The van der Waals surface area contributed by atoms with Crippen molar-refractivity contribution >= 4 is 17.7 Å². The third-order valence-corrected chi connectivity index (χ3v) is 4.65. The Balaban J connectivity index is 2.48. The van der Waals surface area contributed by atoms with Crippen molar-refractivity contribution in [2.24, 2.45) is 0 Å². The first-order valence-electron chi connectivity index (χ1n) is 7.25. The minimum Gasteiger partial charge on any atom is -0.348 e. The SMILES string of the molecule is Cc1cc(C)c(C#N)c(SC(C(=O)N(C)C)c2ccccc2)n1. The van der Waals surface area contributed by atoms with Gasteiger partial charge in [0, 0.05) is 19.8 Å². The molecule has 0 bridgehead atoms. The number of thioether (sulfide) groups is 1. The first kappa shape index (κ1) is 17.0. The molecule has 0 fully saturated rings. The molecule has 0 spiro atoms. The van der Waals surface area contributed by atoms with Gasteiger partial charge in [0.25, 0.3) is 0 Å². The minimum atomic E-state index is -0.424. The fourth-order valence-corrected chi connectivity index (χ4v) is 3.61. The number of likely N-dealkylation sites (N-methyl/N-ethyl adjacent to an activating group) is 1. The normalized spacial score (nSPS) is 11.6. The molecule has 0 saturated heterocycles. The Morgan fingerprint density at radius 2 is 1.91 bits per heavy atom. The maximum absolute atomic E-state index is 12.6. The van der Waals surface area contributed by atoms with Gasteiger partial charge in [-0.3, -0.25) is 4.79 Å². The lowest BCUT2D eigenvalue weighted by Gasteiger charge is -2.21. The quantitative estimate of drug-likeness (QED) is 0.807. The van der Waals surface area contributed by atoms with Crippen molar-refractivity contribution in [3.05, 3.63) is 58.8 Å². The second-order valence-corrected chi connectivity index (χ2v) is 6.61. The summed E-state index contributed by atoms with van der Waals surface area (Å²) in [6.45, 7) is 3.78. The molecule has 5 heteroatoms. The lowest BCUT2D eigenvalue weighted by Crippen LogP contribution is -2.26. The van der Waals surface area contributed by atoms with E-state index in [1.54, 1.807) is 19.0 Å². The van der Waals surface area contributed by atoms with Crippen LogP contribution in [0.25, 0.3) is 0 Å². The second-order valence-electron chi connectivity index (χ2n) is 5.51. The average molecular weight is 325 g/mol. The van der Waals surface area contributed by atoms with Gasteiger partial charge >= 0.3 is 0 Å². The largest absolute Gasteiger partial charge is 0.348 e. The summed E-state index contributed by atoms with van der Waals surface area (Å²) in [6.07, 6.45) is 0.